The number of anilines is 3. The Morgan fingerprint density at radius 3 is 2.79 bits per heavy atom. The second kappa shape index (κ2) is 7.43. The monoisotopic (exact) mass is 378 g/mol. The molecule has 0 fully saturated rings. The molecule has 0 spiro atoms. The minimum Gasteiger partial charge on any atom is -0.495 e. The number of methoxy groups -OCH3 is 1. The third-order valence-electron chi connectivity index (χ3n) is 4.15. The Hall–Kier alpha value is -3.81. The molecule has 0 atom stereocenters. The summed E-state index contributed by atoms with van der Waals surface area (Å²) in [7, 11) is 1.55. The summed E-state index contributed by atoms with van der Waals surface area (Å²) >= 11 is 0. The molecule has 8 heteroatoms. The van der Waals surface area contributed by atoms with E-state index in [1.165, 1.54) is 6.33 Å². The van der Waals surface area contributed by atoms with Gasteiger partial charge < -0.3 is 24.8 Å². The van der Waals surface area contributed by atoms with Gasteiger partial charge in [0.1, 0.15) is 23.6 Å². The maximum Gasteiger partial charge on any atom is 0.274 e. The summed E-state index contributed by atoms with van der Waals surface area (Å²) < 4.78 is 16.0. The van der Waals surface area contributed by atoms with Crippen LogP contribution in [0.1, 0.15) is 16.1 Å². The number of nitrogens with zero attached hydrogens (tertiary/aromatic N) is 2. The van der Waals surface area contributed by atoms with Crippen LogP contribution in [-0.4, -0.2) is 29.8 Å². The van der Waals surface area contributed by atoms with Crippen molar-refractivity contribution in [1.29, 1.82) is 0 Å². The highest BCUT2D eigenvalue weighted by atomic mass is 16.7. The quantitative estimate of drug-likeness (QED) is 0.701. The Morgan fingerprint density at radius 2 is 1.93 bits per heavy atom. The Labute approximate surface area is 161 Å². The van der Waals surface area contributed by atoms with E-state index in [0.29, 0.717) is 28.8 Å². The number of rotatable bonds is 5. The number of nitrogens with one attached hydrogen (secondary N) is 2. The van der Waals surface area contributed by atoms with Gasteiger partial charge in [-0.05, 0) is 36.8 Å². The van der Waals surface area contributed by atoms with Gasteiger partial charge in [0.25, 0.3) is 5.91 Å². The summed E-state index contributed by atoms with van der Waals surface area (Å²) in [5.74, 6) is 2.05. The first-order valence-electron chi connectivity index (χ1n) is 8.57. The average Bonchev–Trinajstić information content (AvgIpc) is 3.16. The summed E-state index contributed by atoms with van der Waals surface area (Å²) in [5, 5.41) is 5.96. The highest BCUT2D eigenvalue weighted by Gasteiger charge is 2.15. The van der Waals surface area contributed by atoms with Crippen molar-refractivity contribution in [2.75, 3.05) is 24.5 Å². The fourth-order valence-electron chi connectivity index (χ4n) is 2.78. The van der Waals surface area contributed by atoms with Crippen LogP contribution in [0.15, 0.2) is 48.8 Å². The Morgan fingerprint density at radius 1 is 1.07 bits per heavy atom. The molecule has 3 aromatic rings. The molecule has 0 saturated heterocycles. The van der Waals surface area contributed by atoms with Gasteiger partial charge >= 0.3 is 0 Å². The van der Waals surface area contributed by atoms with Crippen molar-refractivity contribution < 1.29 is 19.0 Å². The predicted molar refractivity (Wildman–Crippen MR) is 104 cm³/mol. The van der Waals surface area contributed by atoms with Gasteiger partial charge in [0.2, 0.25) is 6.79 Å². The van der Waals surface area contributed by atoms with E-state index in [4.69, 9.17) is 14.2 Å². The van der Waals surface area contributed by atoms with Crippen molar-refractivity contribution in [1.82, 2.24) is 9.97 Å². The molecule has 1 aliphatic rings. The van der Waals surface area contributed by atoms with Crippen molar-refractivity contribution in [3.63, 3.8) is 0 Å². The molecular formula is C20H18N4O4. The van der Waals surface area contributed by atoms with E-state index in [9.17, 15) is 4.79 Å². The van der Waals surface area contributed by atoms with Crippen LogP contribution in [0.2, 0.25) is 0 Å². The van der Waals surface area contributed by atoms with E-state index in [2.05, 4.69) is 20.6 Å². The molecule has 0 saturated carbocycles. The Kier molecular flexibility index (Phi) is 4.67. The lowest BCUT2D eigenvalue weighted by Gasteiger charge is -2.11. The molecule has 1 amide bonds. The number of aryl methyl sites for hydroxylation is 1. The van der Waals surface area contributed by atoms with Gasteiger partial charge in [-0.15, -0.1) is 0 Å². The summed E-state index contributed by atoms with van der Waals surface area (Å²) in [6, 6.07) is 12.6. The Bertz CT molecular complexity index is 1040. The minimum absolute atomic E-state index is 0.207. The van der Waals surface area contributed by atoms with Gasteiger partial charge in [0.05, 0.1) is 12.8 Å². The maximum atomic E-state index is 12.6. The van der Waals surface area contributed by atoms with Crippen LogP contribution in [0.5, 0.6) is 17.2 Å². The standard InChI is InChI=1S/C20H18N4O4/c1-12-3-5-16(26-2)14(7-12)24-20(25)15-9-19(22-10-21-15)23-13-4-6-17-18(8-13)28-11-27-17/h3-10H,11H2,1-2H3,(H,24,25)(H,21,22,23). The van der Waals surface area contributed by atoms with Gasteiger partial charge in [0, 0.05) is 17.8 Å². The zero-order chi connectivity index (χ0) is 19.5. The van der Waals surface area contributed by atoms with E-state index >= 15 is 0 Å². The maximum absolute atomic E-state index is 12.6. The summed E-state index contributed by atoms with van der Waals surface area (Å²) in [5.41, 5.74) is 2.57. The smallest absolute Gasteiger partial charge is 0.274 e. The second-order valence-corrected chi connectivity index (χ2v) is 6.14. The van der Waals surface area contributed by atoms with Crippen LogP contribution in [0.4, 0.5) is 17.2 Å². The lowest BCUT2D eigenvalue weighted by Crippen LogP contribution is -2.15. The Balaban J connectivity index is 1.52. The minimum atomic E-state index is -0.361. The van der Waals surface area contributed by atoms with Gasteiger partial charge in [-0.3, -0.25) is 4.79 Å². The summed E-state index contributed by atoms with van der Waals surface area (Å²) in [6.45, 7) is 2.15. The number of benzene rings is 2. The number of carbonyl (C=O) groups is 1. The number of ether oxygens (including phenoxy) is 3. The van der Waals surface area contributed by atoms with E-state index in [-0.39, 0.29) is 18.4 Å². The van der Waals surface area contributed by atoms with Gasteiger partial charge in [-0.25, -0.2) is 9.97 Å². The first-order chi connectivity index (χ1) is 13.6. The zero-order valence-corrected chi connectivity index (χ0v) is 15.4. The number of amides is 1. The normalized spacial score (nSPS) is 11.8. The molecule has 1 aliphatic heterocycles. The van der Waals surface area contributed by atoms with E-state index in [1.807, 2.05) is 37.3 Å². The first kappa shape index (κ1) is 17.6. The van der Waals surface area contributed by atoms with Crippen LogP contribution >= 0.6 is 0 Å². The number of aromatic nitrogens is 2. The molecule has 0 radical (unpaired) electrons. The highest BCUT2D eigenvalue weighted by molar-refractivity contribution is 6.04. The van der Waals surface area contributed by atoms with E-state index in [1.54, 1.807) is 19.2 Å². The first-order valence-corrected chi connectivity index (χ1v) is 8.57. The SMILES string of the molecule is COc1ccc(C)cc1NC(=O)c1cc(Nc2ccc3c(c2)OCO3)ncn1. The third-order valence-corrected chi connectivity index (χ3v) is 4.15. The molecule has 0 bridgehead atoms. The lowest BCUT2D eigenvalue weighted by molar-refractivity contribution is 0.102. The molecular weight excluding hydrogens is 360 g/mol. The molecule has 142 valence electrons. The molecule has 2 N–H and O–H groups in total. The van der Waals surface area contributed by atoms with Crippen molar-refractivity contribution >= 4 is 23.1 Å². The molecule has 2 aromatic carbocycles. The van der Waals surface area contributed by atoms with Crippen LogP contribution < -0.4 is 24.8 Å². The van der Waals surface area contributed by atoms with Crippen molar-refractivity contribution in [2.45, 2.75) is 6.92 Å². The predicted octanol–water partition coefficient (Wildman–Crippen LogP) is 3.52. The number of carbonyl (C=O) groups excluding carboxylic acids is 1. The van der Waals surface area contributed by atoms with Gasteiger partial charge in [0.15, 0.2) is 11.5 Å². The van der Waals surface area contributed by atoms with E-state index < -0.39 is 0 Å². The summed E-state index contributed by atoms with van der Waals surface area (Å²) in [4.78, 5) is 20.9. The fourth-order valence-corrected chi connectivity index (χ4v) is 2.78. The number of fused-ring (bicyclic) bond motifs is 1. The number of hydrogen-bond donors (Lipinski definition) is 2. The molecule has 28 heavy (non-hydrogen) atoms. The number of hydrogen-bond acceptors (Lipinski definition) is 7. The second-order valence-electron chi connectivity index (χ2n) is 6.14. The highest BCUT2D eigenvalue weighted by Crippen LogP contribution is 2.35. The molecule has 1 aromatic heterocycles. The third kappa shape index (κ3) is 3.66. The van der Waals surface area contributed by atoms with Crippen molar-refractivity contribution in [3.8, 4) is 17.2 Å². The summed E-state index contributed by atoms with van der Waals surface area (Å²) in [6.07, 6.45) is 1.33. The zero-order valence-electron chi connectivity index (χ0n) is 15.4. The largest absolute Gasteiger partial charge is 0.495 e. The molecule has 8 nitrogen and oxygen atoms in total. The molecule has 4 rings (SSSR count). The van der Waals surface area contributed by atoms with E-state index in [0.717, 1.165) is 11.3 Å². The van der Waals surface area contributed by atoms with Crippen LogP contribution in [0, 0.1) is 6.92 Å². The van der Waals surface area contributed by atoms with Gasteiger partial charge in [-0.1, -0.05) is 6.07 Å². The topological polar surface area (TPSA) is 94.6 Å². The molecule has 0 aliphatic carbocycles. The van der Waals surface area contributed by atoms with Crippen molar-refractivity contribution in [2.24, 2.45) is 0 Å². The fraction of sp³-hybridized carbons (Fsp3) is 0.150. The van der Waals surface area contributed by atoms with Crippen LogP contribution in [0.3, 0.4) is 0 Å². The van der Waals surface area contributed by atoms with Crippen molar-refractivity contribution in [3.05, 3.63) is 60.0 Å². The van der Waals surface area contributed by atoms with Gasteiger partial charge in [-0.2, -0.15) is 0 Å². The molecule has 2 heterocycles. The molecule has 0 unspecified atom stereocenters. The van der Waals surface area contributed by atoms with Crippen LogP contribution in [-0.2, 0) is 0 Å². The lowest BCUT2D eigenvalue weighted by atomic mass is 10.2. The average molecular weight is 378 g/mol. The van der Waals surface area contributed by atoms with Crippen LogP contribution in [0.25, 0.3) is 0 Å².